The maximum absolute atomic E-state index is 13.1. The third-order valence-electron chi connectivity index (χ3n) is 5.48. The lowest BCUT2D eigenvalue weighted by Gasteiger charge is -2.30. The smallest absolute Gasteiger partial charge is 0.314 e. The molecule has 2 heterocycles. The number of fused-ring (bicyclic) bond motifs is 1. The van der Waals surface area contributed by atoms with Crippen molar-refractivity contribution in [1.82, 2.24) is 4.31 Å². The van der Waals surface area contributed by atoms with Gasteiger partial charge in [-0.3, -0.25) is 9.59 Å². The molecule has 170 valence electrons. The summed E-state index contributed by atoms with van der Waals surface area (Å²) in [6, 6.07) is 10.7. The molecule has 1 saturated heterocycles. The Hall–Kier alpha value is -3.11. The Labute approximate surface area is 186 Å². The number of sulfonamides is 1. The minimum absolute atomic E-state index is 0.131. The summed E-state index contributed by atoms with van der Waals surface area (Å²) >= 11 is 0. The first-order valence-corrected chi connectivity index (χ1v) is 11.8. The van der Waals surface area contributed by atoms with Crippen LogP contribution >= 0.6 is 0 Å². The van der Waals surface area contributed by atoms with E-state index in [1.165, 1.54) is 28.6 Å². The number of benzene rings is 2. The molecule has 0 saturated carbocycles. The van der Waals surface area contributed by atoms with Gasteiger partial charge in [-0.2, -0.15) is 4.31 Å². The van der Waals surface area contributed by atoms with Gasteiger partial charge in [0.2, 0.25) is 15.9 Å². The van der Waals surface area contributed by atoms with E-state index in [-0.39, 0.29) is 29.3 Å². The quantitative estimate of drug-likeness (QED) is 0.534. The van der Waals surface area contributed by atoms with Gasteiger partial charge < -0.3 is 19.9 Å². The molecule has 2 N–H and O–H groups in total. The number of primary amides is 1. The van der Waals surface area contributed by atoms with E-state index in [0.29, 0.717) is 37.6 Å². The van der Waals surface area contributed by atoms with Crippen molar-refractivity contribution >= 4 is 21.9 Å². The Kier molecular flexibility index (Phi) is 6.33. The monoisotopic (exact) mass is 460 g/mol. The molecule has 0 aromatic heterocycles. The van der Waals surface area contributed by atoms with Crippen LogP contribution in [0.5, 0.6) is 17.2 Å². The first-order valence-electron chi connectivity index (χ1n) is 10.4. The fourth-order valence-corrected chi connectivity index (χ4v) is 5.18. The molecule has 0 bridgehead atoms. The van der Waals surface area contributed by atoms with Crippen LogP contribution < -0.4 is 19.9 Å². The van der Waals surface area contributed by atoms with Crippen LogP contribution in [0.2, 0.25) is 0 Å². The van der Waals surface area contributed by atoms with Gasteiger partial charge in [0, 0.05) is 31.1 Å². The molecule has 1 amide bonds. The minimum Gasteiger partial charge on any atom is -0.490 e. The number of carbonyl (C=O) groups excluding carboxylic acids is 2. The molecule has 9 nitrogen and oxygen atoms in total. The van der Waals surface area contributed by atoms with Crippen LogP contribution in [0.1, 0.15) is 29.6 Å². The zero-order valence-corrected chi connectivity index (χ0v) is 18.2. The first kappa shape index (κ1) is 22.1. The van der Waals surface area contributed by atoms with Gasteiger partial charge in [0.05, 0.1) is 24.0 Å². The number of hydrogen-bond acceptors (Lipinski definition) is 7. The average molecular weight is 461 g/mol. The molecule has 0 atom stereocenters. The normalized spacial score (nSPS) is 17.4. The van der Waals surface area contributed by atoms with Gasteiger partial charge in [0.25, 0.3) is 0 Å². The summed E-state index contributed by atoms with van der Waals surface area (Å²) in [6.07, 6.45) is 1.39. The molecule has 32 heavy (non-hydrogen) atoms. The van der Waals surface area contributed by atoms with E-state index in [9.17, 15) is 18.0 Å². The number of esters is 1. The van der Waals surface area contributed by atoms with Crippen molar-refractivity contribution < 1.29 is 32.2 Å². The molecule has 2 aromatic rings. The van der Waals surface area contributed by atoms with E-state index in [1.54, 1.807) is 18.2 Å². The van der Waals surface area contributed by atoms with Gasteiger partial charge in [-0.05, 0) is 43.2 Å². The van der Waals surface area contributed by atoms with E-state index in [2.05, 4.69) is 0 Å². The molecule has 10 heteroatoms. The summed E-state index contributed by atoms with van der Waals surface area (Å²) in [5, 5.41) is 0. The largest absolute Gasteiger partial charge is 0.490 e. The third kappa shape index (κ3) is 4.71. The van der Waals surface area contributed by atoms with Crippen molar-refractivity contribution in [2.24, 2.45) is 11.7 Å². The van der Waals surface area contributed by atoms with E-state index >= 15 is 0 Å². The lowest BCUT2D eigenvalue weighted by atomic mass is 9.98. The highest BCUT2D eigenvalue weighted by Crippen LogP contribution is 2.34. The molecule has 2 aromatic carbocycles. The van der Waals surface area contributed by atoms with E-state index in [1.807, 2.05) is 0 Å². The molecule has 2 aliphatic heterocycles. The van der Waals surface area contributed by atoms with E-state index < -0.39 is 27.8 Å². The molecule has 0 aliphatic carbocycles. The topological polar surface area (TPSA) is 125 Å². The van der Waals surface area contributed by atoms with E-state index in [0.717, 1.165) is 6.42 Å². The van der Waals surface area contributed by atoms with Gasteiger partial charge in [-0.1, -0.05) is 6.07 Å². The second-order valence-corrected chi connectivity index (χ2v) is 9.59. The average Bonchev–Trinajstić information content (AvgIpc) is 3.04. The van der Waals surface area contributed by atoms with Crippen LogP contribution in [0.15, 0.2) is 47.4 Å². The van der Waals surface area contributed by atoms with Crippen molar-refractivity contribution in [3.8, 4) is 17.2 Å². The predicted octanol–water partition coefficient (Wildman–Crippen LogP) is 1.95. The number of rotatable bonds is 5. The summed E-state index contributed by atoms with van der Waals surface area (Å²) in [5.41, 5.74) is 5.49. The number of piperidine rings is 1. The van der Waals surface area contributed by atoms with Crippen molar-refractivity contribution in [3.63, 3.8) is 0 Å². The van der Waals surface area contributed by atoms with Crippen LogP contribution in [0.4, 0.5) is 0 Å². The Bertz CT molecular complexity index is 1120. The molecule has 1 fully saturated rings. The molecule has 0 unspecified atom stereocenters. The van der Waals surface area contributed by atoms with Gasteiger partial charge in [-0.15, -0.1) is 0 Å². The van der Waals surface area contributed by atoms with E-state index in [4.69, 9.17) is 19.9 Å². The number of nitrogens with zero attached hydrogens (tertiary/aromatic N) is 1. The lowest BCUT2D eigenvalue weighted by molar-refractivity contribution is -0.140. The molecule has 0 radical (unpaired) electrons. The fourth-order valence-electron chi connectivity index (χ4n) is 3.70. The van der Waals surface area contributed by atoms with Crippen molar-refractivity contribution in [1.29, 1.82) is 0 Å². The van der Waals surface area contributed by atoms with Crippen molar-refractivity contribution in [3.05, 3.63) is 48.0 Å². The summed E-state index contributed by atoms with van der Waals surface area (Å²) in [7, 11) is -3.74. The summed E-state index contributed by atoms with van der Waals surface area (Å²) in [4.78, 5) is 24.0. The Morgan fingerprint density at radius 1 is 1.00 bits per heavy atom. The highest BCUT2D eigenvalue weighted by atomic mass is 32.2. The number of hydrogen-bond donors (Lipinski definition) is 1. The van der Waals surface area contributed by atoms with Gasteiger partial charge in [-0.25, -0.2) is 8.42 Å². The van der Waals surface area contributed by atoms with Crippen LogP contribution in [-0.4, -0.2) is 50.9 Å². The molecular formula is C22H24N2O7S. The number of ether oxygens (including phenoxy) is 3. The standard InChI is InChI=1S/C22H24N2O7S/c23-21(25)16-3-1-4-17(13-16)31-22(26)15-7-9-24(10-8-15)32(27,28)18-5-6-19-20(14-18)30-12-2-11-29-19/h1,3-6,13-15H,2,7-12H2,(H2,23,25). The summed E-state index contributed by atoms with van der Waals surface area (Å²) in [5.74, 6) is -0.338. The first-order chi connectivity index (χ1) is 15.3. The van der Waals surface area contributed by atoms with Crippen LogP contribution in [0.25, 0.3) is 0 Å². The lowest BCUT2D eigenvalue weighted by Crippen LogP contribution is -2.41. The highest BCUT2D eigenvalue weighted by Gasteiger charge is 2.33. The Balaban J connectivity index is 1.39. The Morgan fingerprint density at radius 3 is 2.44 bits per heavy atom. The van der Waals surface area contributed by atoms with Gasteiger partial charge in [0.1, 0.15) is 5.75 Å². The number of carbonyl (C=O) groups is 2. The number of amides is 1. The minimum atomic E-state index is -3.74. The zero-order valence-electron chi connectivity index (χ0n) is 17.4. The molecule has 4 rings (SSSR count). The van der Waals surface area contributed by atoms with Crippen LogP contribution in [0.3, 0.4) is 0 Å². The molecule has 2 aliphatic rings. The molecule has 0 spiro atoms. The summed E-state index contributed by atoms with van der Waals surface area (Å²) in [6.45, 7) is 1.37. The second-order valence-electron chi connectivity index (χ2n) is 7.65. The van der Waals surface area contributed by atoms with Crippen molar-refractivity contribution in [2.45, 2.75) is 24.2 Å². The van der Waals surface area contributed by atoms with Crippen LogP contribution in [-0.2, 0) is 14.8 Å². The molecular weight excluding hydrogens is 436 g/mol. The van der Waals surface area contributed by atoms with Crippen molar-refractivity contribution in [2.75, 3.05) is 26.3 Å². The zero-order chi connectivity index (χ0) is 22.7. The maximum atomic E-state index is 13.1. The summed E-state index contributed by atoms with van der Waals surface area (Å²) < 4.78 is 44.1. The number of nitrogens with two attached hydrogens (primary N) is 1. The van der Waals surface area contributed by atoms with Crippen LogP contribution in [0, 0.1) is 5.92 Å². The fraction of sp³-hybridized carbons (Fsp3) is 0.364. The van der Waals surface area contributed by atoms with Gasteiger partial charge in [0.15, 0.2) is 11.5 Å². The predicted molar refractivity (Wildman–Crippen MR) is 114 cm³/mol. The maximum Gasteiger partial charge on any atom is 0.314 e. The third-order valence-corrected chi connectivity index (χ3v) is 7.38. The van der Waals surface area contributed by atoms with Gasteiger partial charge >= 0.3 is 5.97 Å². The Morgan fingerprint density at radius 2 is 1.72 bits per heavy atom. The second kappa shape index (κ2) is 9.17. The highest BCUT2D eigenvalue weighted by molar-refractivity contribution is 7.89. The SMILES string of the molecule is NC(=O)c1cccc(OC(=O)C2CCN(S(=O)(=O)c3ccc4c(c3)OCCCO4)CC2)c1.